The first-order valence-electron chi connectivity index (χ1n) is 26.4. The van der Waals surface area contributed by atoms with Gasteiger partial charge in [0.15, 0.2) is 0 Å². The van der Waals surface area contributed by atoms with Crippen LogP contribution in [0.1, 0.15) is 48.8 Å². The molecule has 0 saturated heterocycles. The van der Waals surface area contributed by atoms with Gasteiger partial charge in [0.2, 0.25) is 0 Å². The zero-order valence-electron chi connectivity index (χ0n) is 41.4. The molecule has 1 spiro atoms. The van der Waals surface area contributed by atoms with Crippen molar-refractivity contribution in [3.05, 3.63) is 223 Å². The van der Waals surface area contributed by atoms with E-state index in [0.717, 1.165) is 17.4 Å². The van der Waals surface area contributed by atoms with Crippen LogP contribution in [0.4, 0.5) is 0 Å². The van der Waals surface area contributed by atoms with E-state index in [-0.39, 0.29) is 5.41 Å². The summed E-state index contributed by atoms with van der Waals surface area (Å²) in [7, 11) is -1.58. The molecule has 4 aliphatic rings. The molecular formula is C70H57NSi. The lowest BCUT2D eigenvalue weighted by Crippen LogP contribution is -2.49. The Morgan fingerprint density at radius 1 is 0.417 bits per heavy atom. The highest BCUT2D eigenvalue weighted by Crippen LogP contribution is 2.71. The van der Waals surface area contributed by atoms with Gasteiger partial charge in [0, 0.05) is 11.0 Å². The largest absolute Gasteiger partial charge is 0.192 e. The number of hydrogen-bond acceptors (Lipinski definition) is 1. The molecular weight excluding hydrogens is 883 g/mol. The summed E-state index contributed by atoms with van der Waals surface area (Å²) in [6.45, 7) is 7.35. The van der Waals surface area contributed by atoms with E-state index in [1.54, 1.807) is 0 Å². The Morgan fingerprint density at radius 3 is 1.49 bits per heavy atom. The van der Waals surface area contributed by atoms with Crippen molar-refractivity contribution in [2.45, 2.75) is 57.2 Å². The number of nitrogens with zero attached hydrogens (tertiary/aromatic N) is 1. The second kappa shape index (κ2) is 16.5. The highest BCUT2D eigenvalue weighted by atomic mass is 28.3. The van der Waals surface area contributed by atoms with Crippen LogP contribution in [0.2, 0.25) is 19.6 Å². The Balaban J connectivity index is 0.824. The number of rotatable bonds is 7. The normalized spacial score (nSPS) is 20.5. The van der Waals surface area contributed by atoms with E-state index in [0.29, 0.717) is 11.8 Å². The molecule has 0 aliphatic heterocycles. The van der Waals surface area contributed by atoms with E-state index in [4.69, 9.17) is 0 Å². The van der Waals surface area contributed by atoms with E-state index in [1.807, 2.05) is 0 Å². The zero-order chi connectivity index (χ0) is 48.3. The maximum atomic E-state index is 11.0. The van der Waals surface area contributed by atoms with Crippen LogP contribution >= 0.6 is 0 Å². The highest BCUT2D eigenvalue weighted by Gasteiger charge is 2.63. The van der Waals surface area contributed by atoms with Crippen LogP contribution in [0.15, 0.2) is 206 Å². The maximum Gasteiger partial charge on any atom is 0.0998 e. The van der Waals surface area contributed by atoms with Crippen LogP contribution in [0.25, 0.3) is 99.4 Å². The summed E-state index contributed by atoms with van der Waals surface area (Å²) in [6, 6.07) is 80.0. The van der Waals surface area contributed by atoms with Crippen LogP contribution in [0.5, 0.6) is 0 Å². The lowest BCUT2D eigenvalue weighted by atomic mass is 9.50. The molecule has 5 unspecified atom stereocenters. The van der Waals surface area contributed by atoms with E-state index in [1.165, 1.54) is 148 Å². The van der Waals surface area contributed by atoms with Gasteiger partial charge in [-0.1, -0.05) is 201 Å². The van der Waals surface area contributed by atoms with Crippen molar-refractivity contribution in [1.82, 2.24) is 0 Å². The summed E-state index contributed by atoms with van der Waals surface area (Å²) < 4.78 is 0. The standard InChI is InChI=1S/C70H57NSi/c1-72(2,3)58-32-33-64-63(42-58)69-56(43-71)40-55(41-66(69)70(64)57-31-30-52-34-44(35-57)36-65(52)70)47-28-26-46(27-29-47)48-16-11-18-50(37-48)51-19-13-21-54(39-51)68-61-24-9-7-22-59(61)67(60-23-8-10-25-62(60)68)53-20-12-17-49(38-53)45-14-5-4-6-15-45/h4-29,32-33,37-42,44,52,57,65H,30-31,34-36H2,1-3H3. The Bertz CT molecular complexity index is 3810. The molecule has 346 valence electrons. The molecule has 0 radical (unpaired) electrons. The van der Waals surface area contributed by atoms with Gasteiger partial charge in [-0.25, -0.2) is 0 Å². The molecule has 14 rings (SSSR count). The summed E-state index contributed by atoms with van der Waals surface area (Å²) >= 11 is 0. The van der Waals surface area contributed by atoms with Gasteiger partial charge in [-0.2, -0.15) is 5.26 Å². The lowest BCUT2D eigenvalue weighted by molar-refractivity contribution is 0.0768. The predicted molar refractivity (Wildman–Crippen MR) is 305 cm³/mol. The van der Waals surface area contributed by atoms with Gasteiger partial charge in [0.25, 0.3) is 0 Å². The second-order valence-corrected chi connectivity index (χ2v) is 27.8. The second-order valence-electron chi connectivity index (χ2n) is 22.7. The van der Waals surface area contributed by atoms with Crippen LogP contribution in [-0.2, 0) is 5.41 Å². The fraction of sp³-hybridized carbons (Fsp3) is 0.186. The lowest BCUT2D eigenvalue weighted by Gasteiger charge is -2.53. The number of benzene rings is 10. The monoisotopic (exact) mass is 939 g/mol. The molecule has 3 saturated carbocycles. The highest BCUT2D eigenvalue weighted by molar-refractivity contribution is 6.88. The summed E-state index contributed by atoms with van der Waals surface area (Å²) in [5, 5.41) is 17.5. The Hall–Kier alpha value is -7.57. The van der Waals surface area contributed by atoms with Crippen LogP contribution < -0.4 is 5.19 Å². The van der Waals surface area contributed by atoms with Crippen molar-refractivity contribution in [3.63, 3.8) is 0 Å². The maximum absolute atomic E-state index is 11.0. The minimum atomic E-state index is -1.58. The quantitative estimate of drug-likeness (QED) is 0.115. The molecule has 3 bridgehead atoms. The molecule has 0 heterocycles. The van der Waals surface area contributed by atoms with Crippen molar-refractivity contribution < 1.29 is 0 Å². The first kappa shape index (κ1) is 43.2. The molecule has 2 heteroatoms. The van der Waals surface area contributed by atoms with E-state index >= 15 is 0 Å². The first-order valence-corrected chi connectivity index (χ1v) is 29.9. The van der Waals surface area contributed by atoms with Gasteiger partial charge in [-0.3, -0.25) is 0 Å². The zero-order valence-corrected chi connectivity index (χ0v) is 42.4. The summed E-state index contributed by atoms with van der Waals surface area (Å²) in [5.41, 5.74) is 21.0. The van der Waals surface area contributed by atoms with Gasteiger partial charge in [-0.15, -0.1) is 0 Å². The molecule has 0 amide bonds. The Morgan fingerprint density at radius 2 is 0.917 bits per heavy atom. The van der Waals surface area contributed by atoms with E-state index < -0.39 is 8.07 Å². The van der Waals surface area contributed by atoms with Crippen molar-refractivity contribution in [1.29, 1.82) is 5.26 Å². The topological polar surface area (TPSA) is 23.8 Å². The van der Waals surface area contributed by atoms with Gasteiger partial charge in [0.1, 0.15) is 0 Å². The van der Waals surface area contributed by atoms with E-state index in [2.05, 4.69) is 232 Å². The molecule has 72 heavy (non-hydrogen) atoms. The molecule has 1 nitrogen and oxygen atoms in total. The Labute approximate surface area is 425 Å². The predicted octanol–water partition coefficient (Wildman–Crippen LogP) is 18.1. The van der Waals surface area contributed by atoms with Gasteiger partial charge < -0.3 is 0 Å². The van der Waals surface area contributed by atoms with Crippen molar-refractivity contribution in [2.75, 3.05) is 0 Å². The molecule has 4 aliphatic carbocycles. The van der Waals surface area contributed by atoms with Crippen LogP contribution in [-0.4, -0.2) is 8.07 Å². The molecule has 10 aromatic rings. The third kappa shape index (κ3) is 6.63. The van der Waals surface area contributed by atoms with E-state index in [9.17, 15) is 5.26 Å². The van der Waals surface area contributed by atoms with Crippen molar-refractivity contribution in [3.8, 4) is 84.0 Å². The van der Waals surface area contributed by atoms with Gasteiger partial charge >= 0.3 is 0 Å². The molecule has 3 fully saturated rings. The van der Waals surface area contributed by atoms with Gasteiger partial charge in [-0.05, 0) is 191 Å². The average molecular weight is 940 g/mol. The molecule has 5 atom stereocenters. The summed E-state index contributed by atoms with van der Waals surface area (Å²) in [6.07, 6.45) is 6.75. The number of fused-ring (bicyclic) bond motifs is 6. The molecule has 10 aromatic carbocycles. The summed E-state index contributed by atoms with van der Waals surface area (Å²) in [4.78, 5) is 0. The first-order chi connectivity index (χ1) is 35.2. The minimum Gasteiger partial charge on any atom is -0.192 e. The van der Waals surface area contributed by atoms with Crippen LogP contribution in [0.3, 0.4) is 0 Å². The smallest absolute Gasteiger partial charge is 0.0998 e. The fourth-order valence-electron chi connectivity index (χ4n) is 14.9. The van der Waals surface area contributed by atoms with Gasteiger partial charge in [0.05, 0.1) is 19.7 Å². The third-order valence-corrected chi connectivity index (χ3v) is 20.0. The van der Waals surface area contributed by atoms with Crippen LogP contribution in [0, 0.1) is 35.0 Å². The Kier molecular flexibility index (Phi) is 9.90. The number of hydrogen-bond donors (Lipinski definition) is 0. The fourth-order valence-corrected chi connectivity index (χ4v) is 16.0. The average Bonchev–Trinajstić information content (AvgIpc) is 3.85. The molecule has 0 N–H and O–H groups in total. The number of nitriles is 1. The molecule has 0 aromatic heterocycles. The SMILES string of the molecule is C[Si](C)(C)c1ccc2c(c1)-c1c(C#N)cc(-c3ccc(-c4cccc(-c5cccc(-c6c7ccccc7c(-c7cccc(-c8ccccc8)c7)c7ccccc67)c5)c4)cc3)cc1C21C2CCC3CC(C2)CC31. The van der Waals surface area contributed by atoms with Crippen molar-refractivity contribution >= 4 is 34.8 Å². The minimum absolute atomic E-state index is 0.0108. The summed E-state index contributed by atoms with van der Waals surface area (Å²) in [5.74, 6) is 2.96. The van der Waals surface area contributed by atoms with Crippen molar-refractivity contribution in [2.24, 2.45) is 23.7 Å². The third-order valence-electron chi connectivity index (χ3n) is 17.9.